The number of H-pyrrole nitrogens is 1. The molecule has 1 aromatic carbocycles. The monoisotopic (exact) mass is 392 g/mol. The van der Waals surface area contributed by atoms with Gasteiger partial charge in [0.15, 0.2) is 0 Å². The van der Waals surface area contributed by atoms with E-state index in [2.05, 4.69) is 43.2 Å². The maximum absolute atomic E-state index is 11.6. The number of hydrogen-bond donors (Lipinski definition) is 3. The van der Waals surface area contributed by atoms with Crippen molar-refractivity contribution >= 4 is 10.9 Å². The molecule has 4 heteroatoms. The Labute approximate surface area is 172 Å². The summed E-state index contributed by atoms with van der Waals surface area (Å²) < 4.78 is 0. The van der Waals surface area contributed by atoms with E-state index in [1.54, 1.807) is 17.2 Å². The Kier molecular flexibility index (Phi) is 5.64. The molecule has 29 heavy (non-hydrogen) atoms. The fourth-order valence-electron chi connectivity index (χ4n) is 5.22. The third-order valence-electron chi connectivity index (χ3n) is 6.82. The van der Waals surface area contributed by atoms with Crippen LogP contribution in [-0.2, 0) is 0 Å². The van der Waals surface area contributed by atoms with Crippen LogP contribution in [0.25, 0.3) is 10.9 Å². The second kappa shape index (κ2) is 8.19. The van der Waals surface area contributed by atoms with Gasteiger partial charge in [-0.3, -0.25) is 4.79 Å². The van der Waals surface area contributed by atoms with E-state index in [0.29, 0.717) is 23.4 Å². The van der Waals surface area contributed by atoms with Gasteiger partial charge in [0.05, 0.1) is 5.52 Å². The smallest absolute Gasteiger partial charge is 0.248 e. The van der Waals surface area contributed by atoms with Crippen LogP contribution in [0.4, 0.5) is 0 Å². The number of rotatable bonds is 6. The van der Waals surface area contributed by atoms with Gasteiger partial charge >= 0.3 is 0 Å². The molecule has 0 amide bonds. The van der Waals surface area contributed by atoms with Gasteiger partial charge in [-0.05, 0) is 72.3 Å². The second-order valence-electron chi connectivity index (χ2n) is 8.68. The van der Waals surface area contributed by atoms with Crippen LogP contribution in [0, 0.1) is 11.8 Å². The van der Waals surface area contributed by atoms with Crippen molar-refractivity contribution in [3.63, 3.8) is 0 Å². The van der Waals surface area contributed by atoms with Crippen molar-refractivity contribution < 1.29 is 5.11 Å². The van der Waals surface area contributed by atoms with E-state index in [4.69, 9.17) is 0 Å². The van der Waals surface area contributed by atoms with Gasteiger partial charge in [0, 0.05) is 24.0 Å². The molecular weight excluding hydrogens is 360 g/mol. The number of fused-ring (bicyclic) bond motifs is 2. The largest absolute Gasteiger partial charge is 0.506 e. The third kappa shape index (κ3) is 3.91. The predicted molar refractivity (Wildman–Crippen MR) is 119 cm³/mol. The lowest BCUT2D eigenvalue weighted by molar-refractivity contribution is 0.478. The molecule has 4 nitrogen and oxygen atoms in total. The molecule has 2 aliphatic rings. The molecule has 0 spiro atoms. The minimum atomic E-state index is -0.191. The first-order chi connectivity index (χ1) is 14.0. The number of aromatic nitrogens is 1. The summed E-state index contributed by atoms with van der Waals surface area (Å²) in [6.45, 7) is 7.61. The summed E-state index contributed by atoms with van der Waals surface area (Å²) in [5.74, 6) is 1.76. The lowest BCUT2D eigenvalue weighted by Gasteiger charge is -2.23. The molecule has 2 aliphatic carbocycles. The van der Waals surface area contributed by atoms with Crippen LogP contribution in [0.5, 0.6) is 5.75 Å². The van der Waals surface area contributed by atoms with Gasteiger partial charge in [-0.1, -0.05) is 39.0 Å². The zero-order chi connectivity index (χ0) is 20.5. The molecule has 2 unspecified atom stereocenters. The normalized spacial score (nSPS) is 24.9. The number of phenolic OH excluding ortho intramolecular Hbond substituents is 1. The van der Waals surface area contributed by atoms with E-state index < -0.39 is 0 Å². The number of nitrogens with one attached hydrogen (secondary N) is 2. The van der Waals surface area contributed by atoms with E-state index >= 15 is 0 Å². The number of pyridine rings is 1. The first-order valence-electron chi connectivity index (χ1n) is 11.0. The highest BCUT2D eigenvalue weighted by Gasteiger charge is 2.34. The standard InChI is InChI=1S/C25H32N2O2/c1-4-16-10-18-12-20(13-19(18)11-17(16)5-2)26-14-15(3)21-6-8-23(28)25-22(21)7-9-24(29)27-25/h6-11,15,18-20,26,28H,4-5,12-14H2,1-3H3,(H,27,29)/t15-,18?,19?,20?/m0/s1. The summed E-state index contributed by atoms with van der Waals surface area (Å²) in [5, 5.41) is 14.8. The Balaban J connectivity index is 1.45. The van der Waals surface area contributed by atoms with E-state index in [9.17, 15) is 9.90 Å². The molecule has 0 radical (unpaired) electrons. The van der Waals surface area contributed by atoms with E-state index in [-0.39, 0.29) is 17.2 Å². The Morgan fingerprint density at radius 2 is 1.72 bits per heavy atom. The Morgan fingerprint density at radius 3 is 2.34 bits per heavy atom. The highest BCUT2D eigenvalue weighted by atomic mass is 16.3. The summed E-state index contributed by atoms with van der Waals surface area (Å²) in [6.07, 6.45) is 9.76. The maximum Gasteiger partial charge on any atom is 0.248 e. The van der Waals surface area contributed by atoms with Gasteiger partial charge in [-0.25, -0.2) is 0 Å². The maximum atomic E-state index is 11.6. The van der Waals surface area contributed by atoms with Crippen molar-refractivity contribution in [3.05, 3.63) is 63.5 Å². The Hall–Kier alpha value is -2.33. The van der Waals surface area contributed by atoms with Crippen LogP contribution < -0.4 is 10.9 Å². The van der Waals surface area contributed by atoms with Crippen LogP contribution in [0.3, 0.4) is 0 Å². The number of aromatic amines is 1. The third-order valence-corrected chi connectivity index (χ3v) is 6.82. The van der Waals surface area contributed by atoms with Gasteiger partial charge in [-0.2, -0.15) is 0 Å². The number of benzene rings is 1. The van der Waals surface area contributed by atoms with E-state index in [1.807, 2.05) is 12.1 Å². The highest BCUT2D eigenvalue weighted by molar-refractivity contribution is 5.87. The Bertz CT molecular complexity index is 989. The summed E-state index contributed by atoms with van der Waals surface area (Å²) in [6, 6.07) is 7.55. The molecule has 3 atom stereocenters. The fraction of sp³-hybridized carbons (Fsp3) is 0.480. The van der Waals surface area contributed by atoms with Crippen LogP contribution in [0.15, 0.2) is 52.4 Å². The van der Waals surface area contributed by atoms with Gasteiger partial charge < -0.3 is 15.4 Å². The van der Waals surface area contributed by atoms with Gasteiger partial charge in [0.1, 0.15) is 5.75 Å². The van der Waals surface area contributed by atoms with Gasteiger partial charge in [0.2, 0.25) is 5.56 Å². The molecule has 1 fully saturated rings. The zero-order valence-corrected chi connectivity index (χ0v) is 17.7. The molecule has 3 N–H and O–H groups in total. The van der Waals surface area contributed by atoms with Gasteiger partial charge in [0.25, 0.3) is 0 Å². The van der Waals surface area contributed by atoms with Crippen LogP contribution in [-0.4, -0.2) is 22.7 Å². The van der Waals surface area contributed by atoms with Crippen molar-refractivity contribution in [2.75, 3.05) is 6.54 Å². The summed E-state index contributed by atoms with van der Waals surface area (Å²) in [5.41, 5.74) is 4.59. The van der Waals surface area contributed by atoms with Crippen LogP contribution in [0.1, 0.15) is 57.9 Å². The van der Waals surface area contributed by atoms with Crippen molar-refractivity contribution in [2.45, 2.75) is 58.4 Å². The minimum absolute atomic E-state index is 0.124. The lowest BCUT2D eigenvalue weighted by atomic mass is 9.82. The van der Waals surface area contributed by atoms with Crippen molar-refractivity contribution in [3.8, 4) is 5.75 Å². The van der Waals surface area contributed by atoms with Crippen molar-refractivity contribution in [1.29, 1.82) is 0 Å². The highest BCUT2D eigenvalue weighted by Crippen LogP contribution is 2.41. The number of phenols is 1. The molecule has 1 aromatic heterocycles. The molecule has 0 bridgehead atoms. The number of hydrogen-bond acceptors (Lipinski definition) is 3. The summed E-state index contributed by atoms with van der Waals surface area (Å²) >= 11 is 0. The quantitative estimate of drug-likeness (QED) is 0.647. The first kappa shape index (κ1) is 20.0. The molecule has 154 valence electrons. The molecule has 0 aliphatic heterocycles. The first-order valence-corrected chi connectivity index (χ1v) is 11.0. The van der Waals surface area contributed by atoms with Crippen molar-refractivity contribution in [2.24, 2.45) is 11.8 Å². The van der Waals surface area contributed by atoms with Gasteiger partial charge in [-0.15, -0.1) is 0 Å². The zero-order valence-electron chi connectivity index (χ0n) is 17.7. The Morgan fingerprint density at radius 1 is 1.07 bits per heavy atom. The number of aromatic hydroxyl groups is 1. The average Bonchev–Trinajstić information content (AvgIpc) is 3.13. The molecule has 1 saturated carbocycles. The molecule has 4 rings (SSSR count). The topological polar surface area (TPSA) is 65.1 Å². The SMILES string of the molecule is CCC1=CC2CC(NC[C@H](C)c3ccc(O)c4[nH]c(=O)ccc34)CC2C=C1CC. The minimum Gasteiger partial charge on any atom is -0.506 e. The molecule has 0 saturated heterocycles. The molecular formula is C25H32N2O2. The average molecular weight is 393 g/mol. The molecule has 2 aromatic rings. The van der Waals surface area contributed by atoms with Crippen molar-refractivity contribution in [1.82, 2.24) is 10.3 Å². The van der Waals surface area contributed by atoms with Crippen LogP contribution in [0.2, 0.25) is 0 Å². The van der Waals surface area contributed by atoms with E-state index in [1.165, 1.54) is 18.9 Å². The fourth-order valence-corrected chi connectivity index (χ4v) is 5.22. The second-order valence-corrected chi connectivity index (χ2v) is 8.68. The predicted octanol–water partition coefficient (Wildman–Crippen LogP) is 5.01. The summed E-state index contributed by atoms with van der Waals surface area (Å²) in [4.78, 5) is 14.4. The molecule has 1 heterocycles. The summed E-state index contributed by atoms with van der Waals surface area (Å²) in [7, 11) is 0. The lowest BCUT2D eigenvalue weighted by Crippen LogP contribution is -2.30. The number of allylic oxidation sites excluding steroid dienone is 4. The van der Waals surface area contributed by atoms with Crippen LogP contribution >= 0.6 is 0 Å². The van der Waals surface area contributed by atoms with E-state index in [0.717, 1.165) is 30.3 Å².